The number of carbonyl (C=O) groups is 3. The molecular weight excluding hydrogens is 783 g/mol. The molecule has 0 aliphatic rings. The van der Waals surface area contributed by atoms with E-state index in [2.05, 4.69) is 97.4 Å². The highest BCUT2D eigenvalue weighted by Crippen LogP contribution is 2.43. The van der Waals surface area contributed by atoms with Crippen molar-refractivity contribution in [2.45, 2.75) is 135 Å². The van der Waals surface area contributed by atoms with Crippen LogP contribution in [0.15, 0.2) is 122 Å². The zero-order chi connectivity index (χ0) is 44.2. The second-order valence-corrected chi connectivity index (χ2v) is 15.1. The molecule has 0 aromatic heterocycles. The van der Waals surface area contributed by atoms with E-state index in [9.17, 15) is 28.9 Å². The van der Waals surface area contributed by atoms with Gasteiger partial charge in [0.1, 0.15) is 12.7 Å². The number of phosphoric acid groups is 1. The summed E-state index contributed by atoms with van der Waals surface area (Å²) in [4.78, 5) is 47.1. The Morgan fingerprint density at radius 3 is 1.63 bits per heavy atom. The molecule has 3 atom stereocenters. The fourth-order valence-electron chi connectivity index (χ4n) is 4.79. The first-order valence-corrected chi connectivity index (χ1v) is 22.9. The minimum Gasteiger partial charge on any atom is -0.462 e. The van der Waals surface area contributed by atoms with E-state index in [0.29, 0.717) is 12.8 Å². The van der Waals surface area contributed by atoms with E-state index >= 15 is 0 Å². The third-order valence-electron chi connectivity index (χ3n) is 8.09. The number of unbranched alkanes of at least 4 members (excludes halogenated alkanes) is 3. The summed E-state index contributed by atoms with van der Waals surface area (Å²) >= 11 is 0. The Balaban J connectivity index is 4.65. The normalized spacial score (nSPS) is 14.9. The van der Waals surface area contributed by atoms with Crippen LogP contribution in [0.4, 0.5) is 0 Å². The predicted molar refractivity (Wildman–Crippen MR) is 242 cm³/mol. The summed E-state index contributed by atoms with van der Waals surface area (Å²) in [6, 6.07) is 0. The van der Waals surface area contributed by atoms with Crippen LogP contribution in [0, 0.1) is 0 Å². The molecule has 0 saturated carbocycles. The van der Waals surface area contributed by atoms with E-state index in [1.165, 1.54) is 25.3 Å². The number of esters is 2. The van der Waals surface area contributed by atoms with Crippen LogP contribution in [0.25, 0.3) is 0 Å². The molecule has 0 saturated heterocycles. The maximum atomic E-state index is 12.6. The van der Waals surface area contributed by atoms with Crippen LogP contribution in [0.1, 0.15) is 123 Å². The van der Waals surface area contributed by atoms with Crippen molar-refractivity contribution >= 4 is 25.5 Å². The van der Waals surface area contributed by atoms with Gasteiger partial charge >= 0.3 is 19.8 Å². The lowest BCUT2D eigenvalue weighted by Gasteiger charge is -2.20. The number of aliphatic hydroxyl groups is 2. The summed E-state index contributed by atoms with van der Waals surface area (Å²) in [7, 11) is -4.70. The zero-order valence-corrected chi connectivity index (χ0v) is 37.0. The Labute approximate surface area is 360 Å². The molecule has 336 valence electrons. The molecule has 12 heteroatoms. The first kappa shape index (κ1) is 56.0. The molecule has 0 bridgehead atoms. The molecule has 11 nitrogen and oxygen atoms in total. The van der Waals surface area contributed by atoms with Gasteiger partial charge in [0.15, 0.2) is 11.9 Å². The summed E-state index contributed by atoms with van der Waals surface area (Å²) in [5.74, 6) is -1.44. The van der Waals surface area contributed by atoms with Crippen molar-refractivity contribution in [3.63, 3.8) is 0 Å². The molecule has 60 heavy (non-hydrogen) atoms. The van der Waals surface area contributed by atoms with Crippen LogP contribution in [0.2, 0.25) is 0 Å². The van der Waals surface area contributed by atoms with Crippen LogP contribution in [0.5, 0.6) is 0 Å². The molecule has 3 N–H and O–H groups in total. The van der Waals surface area contributed by atoms with E-state index in [0.717, 1.165) is 51.4 Å². The average molecular weight is 857 g/mol. The summed E-state index contributed by atoms with van der Waals surface area (Å²) in [5, 5.41) is 18.3. The number of allylic oxidation sites excluding steroid dienone is 20. The minimum absolute atomic E-state index is 0.000953. The number of hydrogen-bond donors (Lipinski definition) is 3. The van der Waals surface area contributed by atoms with Crippen molar-refractivity contribution < 1.29 is 52.6 Å². The molecule has 0 aliphatic carbocycles. The fraction of sp³-hybridized carbons (Fsp3) is 0.521. The van der Waals surface area contributed by atoms with Crippen molar-refractivity contribution in [1.82, 2.24) is 0 Å². The first-order chi connectivity index (χ1) is 29.1. The van der Waals surface area contributed by atoms with Crippen molar-refractivity contribution in [1.29, 1.82) is 0 Å². The Kier molecular flexibility index (Phi) is 39.0. The monoisotopic (exact) mass is 856 g/mol. The average Bonchev–Trinajstić information content (AvgIpc) is 3.23. The summed E-state index contributed by atoms with van der Waals surface area (Å²) in [6.45, 7) is 1.84. The minimum atomic E-state index is -4.70. The number of phosphoric ester groups is 1. The van der Waals surface area contributed by atoms with E-state index in [1.807, 2.05) is 24.3 Å². The van der Waals surface area contributed by atoms with Crippen LogP contribution in [0.3, 0.4) is 0 Å². The Bertz CT molecular complexity index is 1470. The third-order valence-corrected chi connectivity index (χ3v) is 9.04. The number of hydrogen-bond acceptors (Lipinski definition) is 10. The SMILES string of the molecule is CC/C=C\C/C=C\C/C=C\C/C=C\C/C=C\C/C=C\CCC(=O)O[C@H](COC(=O)CCCC(=O)/C=C/C=C\C/C=C\C/C=C\CCCCC)COP(=O)(O)OC[C@@H](O)CO. The van der Waals surface area contributed by atoms with E-state index in [4.69, 9.17) is 19.1 Å². The Morgan fingerprint density at radius 2 is 1.08 bits per heavy atom. The van der Waals surface area contributed by atoms with Gasteiger partial charge in [-0.15, -0.1) is 0 Å². The van der Waals surface area contributed by atoms with Gasteiger partial charge in [0, 0.05) is 19.3 Å². The number of carbonyl (C=O) groups excluding carboxylic acids is 3. The molecule has 0 spiro atoms. The van der Waals surface area contributed by atoms with Gasteiger partial charge in [0.25, 0.3) is 0 Å². The fourth-order valence-corrected chi connectivity index (χ4v) is 5.58. The molecular formula is C48H73O11P. The van der Waals surface area contributed by atoms with E-state index in [1.54, 1.807) is 12.2 Å². The van der Waals surface area contributed by atoms with Gasteiger partial charge in [-0.3, -0.25) is 23.4 Å². The maximum absolute atomic E-state index is 12.6. The maximum Gasteiger partial charge on any atom is 0.472 e. The van der Waals surface area contributed by atoms with Gasteiger partial charge in [-0.05, 0) is 83.1 Å². The predicted octanol–water partition coefficient (Wildman–Crippen LogP) is 10.7. The highest BCUT2D eigenvalue weighted by Gasteiger charge is 2.27. The van der Waals surface area contributed by atoms with E-state index < -0.39 is 58.4 Å². The summed E-state index contributed by atoms with van der Waals surface area (Å²) in [6.07, 6.45) is 50.4. The highest BCUT2D eigenvalue weighted by molar-refractivity contribution is 7.47. The second-order valence-electron chi connectivity index (χ2n) is 13.7. The number of ketones is 1. The topological polar surface area (TPSA) is 166 Å². The number of rotatable bonds is 38. The van der Waals surface area contributed by atoms with Crippen LogP contribution < -0.4 is 0 Å². The molecule has 0 radical (unpaired) electrons. The lowest BCUT2D eigenvalue weighted by Crippen LogP contribution is -2.29. The van der Waals surface area contributed by atoms with Crippen molar-refractivity contribution in [3.05, 3.63) is 122 Å². The van der Waals surface area contributed by atoms with Crippen molar-refractivity contribution in [3.8, 4) is 0 Å². The van der Waals surface area contributed by atoms with Crippen LogP contribution in [-0.4, -0.2) is 71.5 Å². The molecule has 0 aromatic rings. The van der Waals surface area contributed by atoms with Gasteiger partial charge < -0.3 is 24.6 Å². The van der Waals surface area contributed by atoms with Gasteiger partial charge in [-0.25, -0.2) is 4.57 Å². The van der Waals surface area contributed by atoms with Crippen molar-refractivity contribution in [2.24, 2.45) is 0 Å². The van der Waals surface area contributed by atoms with Crippen LogP contribution in [-0.2, 0) is 37.5 Å². The number of ether oxygens (including phenoxy) is 2. The lowest BCUT2D eigenvalue weighted by molar-refractivity contribution is -0.161. The molecule has 0 aromatic carbocycles. The van der Waals surface area contributed by atoms with Gasteiger partial charge in [0.2, 0.25) is 0 Å². The molecule has 1 unspecified atom stereocenters. The van der Waals surface area contributed by atoms with Crippen molar-refractivity contribution in [2.75, 3.05) is 26.4 Å². The van der Waals surface area contributed by atoms with Gasteiger partial charge in [0.05, 0.1) is 19.8 Å². The van der Waals surface area contributed by atoms with Crippen LogP contribution >= 0.6 is 7.82 Å². The summed E-state index contributed by atoms with van der Waals surface area (Å²) in [5.41, 5.74) is 0. The zero-order valence-electron chi connectivity index (χ0n) is 36.1. The Morgan fingerprint density at radius 1 is 0.567 bits per heavy atom. The first-order valence-electron chi connectivity index (χ1n) is 21.4. The van der Waals surface area contributed by atoms with Gasteiger partial charge in [-0.1, -0.05) is 142 Å². The Hall–Kier alpha value is -3.96. The molecule has 0 heterocycles. The lowest BCUT2D eigenvalue weighted by atomic mass is 10.1. The molecule has 0 amide bonds. The summed E-state index contributed by atoms with van der Waals surface area (Å²) < 4.78 is 32.4. The molecule has 0 aliphatic heterocycles. The molecule has 0 rings (SSSR count). The third kappa shape index (κ3) is 40.8. The second kappa shape index (κ2) is 41.8. The van der Waals surface area contributed by atoms with Gasteiger partial charge in [-0.2, -0.15) is 0 Å². The molecule has 0 fully saturated rings. The largest absolute Gasteiger partial charge is 0.472 e. The highest BCUT2D eigenvalue weighted by atomic mass is 31.2. The quantitative estimate of drug-likeness (QED) is 0.0135. The smallest absolute Gasteiger partial charge is 0.462 e. The number of aliphatic hydroxyl groups excluding tert-OH is 2. The standard InChI is InChI=1S/C48H73O11P/c1-3-5-7-9-11-13-15-17-18-19-20-21-22-24-26-28-30-32-34-38-48(53)59-46(43-58-60(54,55)57-41-45(51)40-49)42-56-47(52)39-35-37-44(50)36-33-31-29-27-25-23-16-14-12-10-8-6-4-2/h5,7,11-14,17-18,20-21,23-26,29-33,36,45-46,49,51H,3-4,6,8-10,15-16,19,22,27-28,34-35,37-43H2,1-2H3,(H,54,55)/b7-5-,13-11-,14-12-,18-17-,21-20-,25-23-,26-24-,31-29-,32-30-,36-33+/t45-,46+/m0/s1. The van der Waals surface area contributed by atoms with E-state index in [-0.39, 0.29) is 31.5 Å².